The summed E-state index contributed by atoms with van der Waals surface area (Å²) in [5.41, 5.74) is 1.75. The fourth-order valence-electron chi connectivity index (χ4n) is 1.92. The molecule has 1 unspecified atom stereocenters. The number of anilines is 1. The molecule has 0 aliphatic rings. The van der Waals surface area contributed by atoms with Gasteiger partial charge < -0.3 is 10.1 Å². The first-order chi connectivity index (χ1) is 10.1. The van der Waals surface area contributed by atoms with Crippen LogP contribution in [-0.4, -0.2) is 17.6 Å². The number of benzene rings is 2. The molecule has 110 valence electrons. The predicted molar refractivity (Wildman–Crippen MR) is 82.9 cm³/mol. The number of nitro benzene ring substituents is 1. The van der Waals surface area contributed by atoms with E-state index in [-0.39, 0.29) is 11.7 Å². The second kappa shape index (κ2) is 6.74. The molecular weight excluding hydrogens is 268 g/mol. The van der Waals surface area contributed by atoms with Gasteiger partial charge in [0.05, 0.1) is 11.0 Å². The van der Waals surface area contributed by atoms with E-state index in [1.807, 2.05) is 38.1 Å². The molecule has 0 fully saturated rings. The zero-order valence-corrected chi connectivity index (χ0v) is 12.1. The molecule has 0 aliphatic carbocycles. The monoisotopic (exact) mass is 286 g/mol. The molecule has 5 nitrogen and oxygen atoms in total. The van der Waals surface area contributed by atoms with Gasteiger partial charge in [-0.1, -0.05) is 29.8 Å². The highest BCUT2D eigenvalue weighted by Gasteiger charge is 2.14. The quantitative estimate of drug-likeness (QED) is 0.648. The topological polar surface area (TPSA) is 64.4 Å². The molecule has 21 heavy (non-hydrogen) atoms. The van der Waals surface area contributed by atoms with Crippen molar-refractivity contribution in [3.05, 3.63) is 64.2 Å². The highest BCUT2D eigenvalue weighted by Crippen LogP contribution is 2.24. The molecule has 2 rings (SSSR count). The lowest BCUT2D eigenvalue weighted by molar-refractivity contribution is -0.384. The van der Waals surface area contributed by atoms with Crippen molar-refractivity contribution in [2.45, 2.75) is 19.9 Å². The lowest BCUT2D eigenvalue weighted by atomic mass is 10.2. The van der Waals surface area contributed by atoms with Gasteiger partial charge >= 0.3 is 0 Å². The molecule has 0 radical (unpaired) electrons. The van der Waals surface area contributed by atoms with Crippen LogP contribution in [0.25, 0.3) is 0 Å². The Hall–Kier alpha value is -2.56. The molecule has 0 amide bonds. The molecule has 2 aromatic rings. The van der Waals surface area contributed by atoms with Gasteiger partial charge in [0.25, 0.3) is 5.69 Å². The van der Waals surface area contributed by atoms with Crippen molar-refractivity contribution in [2.75, 3.05) is 11.9 Å². The molecule has 0 saturated heterocycles. The van der Waals surface area contributed by atoms with Gasteiger partial charge in [-0.2, -0.15) is 0 Å². The van der Waals surface area contributed by atoms with Crippen LogP contribution in [0.1, 0.15) is 12.5 Å². The smallest absolute Gasteiger partial charge is 0.292 e. The summed E-state index contributed by atoms with van der Waals surface area (Å²) in [5, 5.41) is 14.1. The first-order valence-electron chi connectivity index (χ1n) is 6.75. The summed E-state index contributed by atoms with van der Waals surface area (Å²) in [6, 6.07) is 14.3. The van der Waals surface area contributed by atoms with Gasteiger partial charge in [-0.25, -0.2) is 0 Å². The summed E-state index contributed by atoms with van der Waals surface area (Å²) in [7, 11) is 0. The van der Waals surface area contributed by atoms with E-state index >= 15 is 0 Å². The highest BCUT2D eigenvalue weighted by atomic mass is 16.6. The highest BCUT2D eigenvalue weighted by molar-refractivity contribution is 5.61. The van der Waals surface area contributed by atoms with Gasteiger partial charge in [0.15, 0.2) is 0 Å². The van der Waals surface area contributed by atoms with Crippen molar-refractivity contribution in [1.29, 1.82) is 0 Å². The number of hydrogen-bond acceptors (Lipinski definition) is 4. The number of nitrogens with zero attached hydrogens (tertiary/aromatic N) is 1. The first kappa shape index (κ1) is 14.8. The van der Waals surface area contributed by atoms with E-state index in [9.17, 15) is 10.1 Å². The van der Waals surface area contributed by atoms with Crippen LogP contribution < -0.4 is 10.1 Å². The third-order valence-electron chi connectivity index (χ3n) is 3.02. The molecule has 1 atom stereocenters. The normalized spacial score (nSPS) is 11.7. The van der Waals surface area contributed by atoms with E-state index in [0.717, 1.165) is 5.75 Å². The minimum Gasteiger partial charge on any atom is -0.491 e. The lowest BCUT2D eigenvalue weighted by Crippen LogP contribution is -2.23. The predicted octanol–water partition coefficient (Wildman–Crippen LogP) is 3.78. The zero-order valence-electron chi connectivity index (χ0n) is 12.1. The molecule has 2 aromatic carbocycles. The summed E-state index contributed by atoms with van der Waals surface area (Å²) in [6.07, 6.45) is 0. The summed E-state index contributed by atoms with van der Waals surface area (Å²) < 4.78 is 5.66. The van der Waals surface area contributed by atoms with Gasteiger partial charge in [0.2, 0.25) is 0 Å². The number of para-hydroxylation sites is 2. The van der Waals surface area contributed by atoms with Crippen molar-refractivity contribution in [1.82, 2.24) is 0 Å². The van der Waals surface area contributed by atoms with Crippen molar-refractivity contribution in [3.63, 3.8) is 0 Å². The Kier molecular flexibility index (Phi) is 4.77. The molecule has 0 saturated carbocycles. The molecular formula is C16H18N2O3. The fraction of sp³-hybridized carbons (Fsp3) is 0.250. The van der Waals surface area contributed by atoms with Gasteiger partial charge in [0.1, 0.15) is 18.0 Å². The van der Waals surface area contributed by atoms with Crippen LogP contribution in [0.4, 0.5) is 11.4 Å². The van der Waals surface area contributed by atoms with Crippen LogP contribution in [0.3, 0.4) is 0 Å². The number of rotatable bonds is 6. The summed E-state index contributed by atoms with van der Waals surface area (Å²) >= 11 is 0. The summed E-state index contributed by atoms with van der Waals surface area (Å²) in [6.45, 7) is 4.36. The Labute approximate surface area is 123 Å². The average Bonchev–Trinajstić information content (AvgIpc) is 2.47. The van der Waals surface area contributed by atoms with E-state index < -0.39 is 4.92 Å². The Bertz CT molecular complexity index is 611. The van der Waals surface area contributed by atoms with Crippen molar-refractivity contribution in [3.8, 4) is 5.75 Å². The Morgan fingerprint density at radius 1 is 1.19 bits per heavy atom. The van der Waals surface area contributed by atoms with Crippen molar-refractivity contribution in [2.24, 2.45) is 0 Å². The van der Waals surface area contributed by atoms with Crippen LogP contribution in [0, 0.1) is 17.0 Å². The number of hydrogen-bond donors (Lipinski definition) is 1. The van der Waals surface area contributed by atoms with Crippen LogP contribution >= 0.6 is 0 Å². The van der Waals surface area contributed by atoms with Gasteiger partial charge in [-0.3, -0.25) is 10.1 Å². The molecule has 0 aromatic heterocycles. The van der Waals surface area contributed by atoms with Crippen LogP contribution in [0.15, 0.2) is 48.5 Å². The van der Waals surface area contributed by atoms with Crippen molar-refractivity contribution >= 4 is 11.4 Å². The summed E-state index contributed by atoms with van der Waals surface area (Å²) in [4.78, 5) is 10.6. The van der Waals surface area contributed by atoms with Crippen LogP contribution in [0.2, 0.25) is 0 Å². The molecule has 0 spiro atoms. The van der Waals surface area contributed by atoms with E-state index in [1.165, 1.54) is 11.6 Å². The van der Waals surface area contributed by atoms with E-state index in [1.54, 1.807) is 18.2 Å². The molecule has 5 heteroatoms. The number of ether oxygens (including phenoxy) is 1. The first-order valence-corrected chi connectivity index (χ1v) is 6.75. The summed E-state index contributed by atoms with van der Waals surface area (Å²) in [5.74, 6) is 0.789. The fourth-order valence-corrected chi connectivity index (χ4v) is 1.92. The Balaban J connectivity index is 1.94. The second-order valence-corrected chi connectivity index (χ2v) is 4.94. The van der Waals surface area contributed by atoms with Crippen LogP contribution in [0.5, 0.6) is 5.75 Å². The Morgan fingerprint density at radius 3 is 2.52 bits per heavy atom. The third kappa shape index (κ3) is 4.21. The standard InChI is InChI=1S/C16H18N2O3/c1-12-7-9-14(10-8-12)21-11-13(2)17-15-5-3-4-6-16(15)18(19)20/h3-10,13,17H,11H2,1-2H3. The van der Waals surface area contributed by atoms with Gasteiger partial charge in [-0.05, 0) is 32.0 Å². The SMILES string of the molecule is Cc1ccc(OCC(C)Nc2ccccc2[N+](=O)[O-])cc1. The minimum atomic E-state index is -0.393. The minimum absolute atomic E-state index is 0.0487. The molecule has 0 aliphatic heterocycles. The van der Waals surface area contributed by atoms with E-state index in [2.05, 4.69) is 5.32 Å². The third-order valence-corrected chi connectivity index (χ3v) is 3.02. The number of nitro groups is 1. The zero-order chi connectivity index (χ0) is 15.2. The second-order valence-electron chi connectivity index (χ2n) is 4.94. The largest absolute Gasteiger partial charge is 0.491 e. The van der Waals surface area contributed by atoms with E-state index in [0.29, 0.717) is 12.3 Å². The molecule has 1 N–H and O–H groups in total. The molecule has 0 bridgehead atoms. The maximum atomic E-state index is 10.9. The number of nitrogens with one attached hydrogen (secondary N) is 1. The van der Waals surface area contributed by atoms with Gasteiger partial charge in [-0.15, -0.1) is 0 Å². The lowest BCUT2D eigenvalue weighted by Gasteiger charge is -2.16. The maximum absolute atomic E-state index is 10.9. The number of aryl methyl sites for hydroxylation is 1. The maximum Gasteiger partial charge on any atom is 0.292 e. The average molecular weight is 286 g/mol. The van der Waals surface area contributed by atoms with Crippen molar-refractivity contribution < 1.29 is 9.66 Å². The molecule has 0 heterocycles. The van der Waals surface area contributed by atoms with Crippen LogP contribution in [-0.2, 0) is 0 Å². The van der Waals surface area contributed by atoms with E-state index in [4.69, 9.17) is 4.74 Å². The Morgan fingerprint density at radius 2 is 1.86 bits per heavy atom. The van der Waals surface area contributed by atoms with Gasteiger partial charge in [0, 0.05) is 6.07 Å².